The topological polar surface area (TPSA) is 30.5 Å². The summed E-state index contributed by atoms with van der Waals surface area (Å²) in [6.45, 7) is 10.1. The molecule has 1 N–H and O–H groups in total. The van der Waals surface area contributed by atoms with Gasteiger partial charge in [0.25, 0.3) is 0 Å². The van der Waals surface area contributed by atoms with Crippen LogP contribution in [-0.4, -0.2) is 25.9 Å². The Bertz CT molecular complexity index is 381. The number of hydrogen-bond acceptors (Lipinski definition) is 3. The number of para-hydroxylation sites is 1. The molecule has 0 bridgehead atoms. The molecule has 108 valence electrons. The summed E-state index contributed by atoms with van der Waals surface area (Å²) >= 11 is 0. The van der Waals surface area contributed by atoms with Crippen LogP contribution in [0.25, 0.3) is 0 Å². The van der Waals surface area contributed by atoms with E-state index in [1.54, 1.807) is 7.11 Å². The lowest BCUT2D eigenvalue weighted by atomic mass is 9.87. The van der Waals surface area contributed by atoms with Gasteiger partial charge in [-0.2, -0.15) is 0 Å². The fraction of sp³-hybridized carbons (Fsp3) is 0.625. The number of ether oxygens (including phenoxy) is 2. The van der Waals surface area contributed by atoms with Crippen molar-refractivity contribution >= 4 is 0 Å². The first kappa shape index (κ1) is 16.0. The Balaban J connectivity index is 3.18. The number of nitrogens with one attached hydrogen (secondary N) is 1. The summed E-state index contributed by atoms with van der Waals surface area (Å²) in [5.41, 5.74) is 0.920. The summed E-state index contributed by atoms with van der Waals surface area (Å²) in [6, 6.07) is 8.28. The summed E-state index contributed by atoms with van der Waals surface area (Å²) in [6.07, 6.45) is 0.941. The molecule has 1 aromatic carbocycles. The van der Waals surface area contributed by atoms with E-state index < -0.39 is 0 Å². The molecule has 0 heterocycles. The molecule has 0 aliphatic carbocycles. The van der Waals surface area contributed by atoms with E-state index in [0.29, 0.717) is 6.61 Å². The van der Waals surface area contributed by atoms with Crippen molar-refractivity contribution in [3.63, 3.8) is 0 Å². The first-order valence-electron chi connectivity index (χ1n) is 7.13. The highest BCUT2D eigenvalue weighted by molar-refractivity contribution is 5.37. The van der Waals surface area contributed by atoms with E-state index >= 15 is 0 Å². The largest absolute Gasteiger partial charge is 0.496 e. The van der Waals surface area contributed by atoms with Crippen molar-refractivity contribution in [1.29, 1.82) is 0 Å². The van der Waals surface area contributed by atoms with Gasteiger partial charge in [-0.15, -0.1) is 0 Å². The maximum atomic E-state index is 6.03. The van der Waals surface area contributed by atoms with Crippen molar-refractivity contribution in [2.24, 2.45) is 0 Å². The first-order chi connectivity index (χ1) is 9.12. The standard InChI is InChI=1S/C16H27NO2/c1-6-16(4,19-8-3)15(17-7-2)13-11-9-10-12-14(13)18-5/h9-12,15,17H,6-8H2,1-5H3. The quantitative estimate of drug-likeness (QED) is 0.779. The van der Waals surface area contributed by atoms with Crippen LogP contribution < -0.4 is 10.1 Å². The van der Waals surface area contributed by atoms with Crippen molar-refractivity contribution in [1.82, 2.24) is 5.32 Å². The third-order valence-corrected chi connectivity index (χ3v) is 3.64. The number of likely N-dealkylation sites (N-methyl/N-ethyl adjacent to an activating group) is 1. The van der Waals surface area contributed by atoms with Crippen LogP contribution in [0.5, 0.6) is 5.75 Å². The van der Waals surface area contributed by atoms with Gasteiger partial charge in [-0.3, -0.25) is 0 Å². The molecule has 0 aliphatic rings. The van der Waals surface area contributed by atoms with Gasteiger partial charge in [0.2, 0.25) is 0 Å². The molecule has 1 rings (SSSR count). The SMILES string of the molecule is CCNC(c1ccccc1OC)C(C)(CC)OCC. The van der Waals surface area contributed by atoms with Gasteiger partial charge in [0.1, 0.15) is 5.75 Å². The highest BCUT2D eigenvalue weighted by Crippen LogP contribution is 2.36. The van der Waals surface area contributed by atoms with Crippen LogP contribution in [-0.2, 0) is 4.74 Å². The van der Waals surface area contributed by atoms with Gasteiger partial charge in [0.05, 0.1) is 18.8 Å². The summed E-state index contributed by atoms with van der Waals surface area (Å²) in [4.78, 5) is 0. The molecule has 19 heavy (non-hydrogen) atoms. The molecule has 0 fully saturated rings. The normalized spacial score (nSPS) is 15.8. The van der Waals surface area contributed by atoms with Gasteiger partial charge in [-0.05, 0) is 32.9 Å². The lowest BCUT2D eigenvalue weighted by Crippen LogP contribution is -2.43. The Labute approximate surface area is 117 Å². The van der Waals surface area contributed by atoms with Gasteiger partial charge >= 0.3 is 0 Å². The van der Waals surface area contributed by atoms with Crippen LogP contribution in [0.15, 0.2) is 24.3 Å². The van der Waals surface area contributed by atoms with Crippen LogP contribution in [0.3, 0.4) is 0 Å². The average Bonchev–Trinajstić information content (AvgIpc) is 2.45. The predicted octanol–water partition coefficient (Wildman–Crippen LogP) is 3.55. The van der Waals surface area contributed by atoms with Crippen molar-refractivity contribution in [3.05, 3.63) is 29.8 Å². The van der Waals surface area contributed by atoms with E-state index in [4.69, 9.17) is 9.47 Å². The second-order valence-corrected chi connectivity index (χ2v) is 4.83. The number of methoxy groups -OCH3 is 1. The molecule has 3 heteroatoms. The number of benzene rings is 1. The molecule has 0 spiro atoms. The lowest BCUT2D eigenvalue weighted by molar-refractivity contribution is -0.0564. The molecule has 2 unspecified atom stereocenters. The zero-order valence-electron chi connectivity index (χ0n) is 12.8. The third kappa shape index (κ3) is 3.71. The van der Waals surface area contributed by atoms with Gasteiger partial charge in [-0.1, -0.05) is 32.0 Å². The minimum Gasteiger partial charge on any atom is -0.496 e. The van der Waals surface area contributed by atoms with E-state index in [1.807, 2.05) is 25.1 Å². The second kappa shape index (κ2) is 7.51. The third-order valence-electron chi connectivity index (χ3n) is 3.64. The summed E-state index contributed by atoms with van der Waals surface area (Å²) in [7, 11) is 1.71. The molecule has 0 saturated carbocycles. The molecule has 1 aromatic rings. The van der Waals surface area contributed by atoms with Crippen LogP contribution in [0.4, 0.5) is 0 Å². The van der Waals surface area contributed by atoms with Crippen molar-refractivity contribution in [3.8, 4) is 5.75 Å². The van der Waals surface area contributed by atoms with Crippen LogP contribution in [0.2, 0.25) is 0 Å². The minimum absolute atomic E-state index is 0.124. The lowest BCUT2D eigenvalue weighted by Gasteiger charge is -2.38. The second-order valence-electron chi connectivity index (χ2n) is 4.83. The Morgan fingerprint density at radius 3 is 2.42 bits per heavy atom. The van der Waals surface area contributed by atoms with E-state index in [0.717, 1.165) is 24.3 Å². The van der Waals surface area contributed by atoms with Crippen LogP contribution >= 0.6 is 0 Å². The number of hydrogen-bond donors (Lipinski definition) is 1. The summed E-state index contributed by atoms with van der Waals surface area (Å²) in [5.74, 6) is 0.910. The van der Waals surface area contributed by atoms with Gasteiger partial charge in [-0.25, -0.2) is 0 Å². The molecule has 0 radical (unpaired) electrons. The molecule has 0 amide bonds. The molecule has 0 saturated heterocycles. The maximum absolute atomic E-state index is 6.03. The van der Waals surface area contributed by atoms with Crippen molar-refractivity contribution < 1.29 is 9.47 Å². The Morgan fingerprint density at radius 2 is 1.89 bits per heavy atom. The van der Waals surface area contributed by atoms with Gasteiger partial charge in [0.15, 0.2) is 0 Å². The van der Waals surface area contributed by atoms with Gasteiger partial charge < -0.3 is 14.8 Å². The molecule has 0 aliphatic heterocycles. The van der Waals surface area contributed by atoms with E-state index in [2.05, 4.69) is 32.2 Å². The monoisotopic (exact) mass is 265 g/mol. The molecular formula is C16H27NO2. The maximum Gasteiger partial charge on any atom is 0.123 e. The van der Waals surface area contributed by atoms with Crippen LogP contribution in [0, 0.1) is 0 Å². The average molecular weight is 265 g/mol. The highest BCUT2D eigenvalue weighted by Gasteiger charge is 2.35. The fourth-order valence-corrected chi connectivity index (χ4v) is 2.48. The van der Waals surface area contributed by atoms with E-state index in [-0.39, 0.29) is 11.6 Å². The Kier molecular flexibility index (Phi) is 6.32. The first-order valence-corrected chi connectivity index (χ1v) is 7.13. The fourth-order valence-electron chi connectivity index (χ4n) is 2.48. The molecule has 3 nitrogen and oxygen atoms in total. The summed E-state index contributed by atoms with van der Waals surface area (Å²) < 4.78 is 11.5. The zero-order valence-corrected chi connectivity index (χ0v) is 12.8. The highest BCUT2D eigenvalue weighted by atomic mass is 16.5. The van der Waals surface area contributed by atoms with E-state index in [9.17, 15) is 0 Å². The molecular weight excluding hydrogens is 238 g/mol. The minimum atomic E-state index is -0.237. The molecule has 0 aromatic heterocycles. The number of rotatable bonds is 8. The van der Waals surface area contributed by atoms with Crippen molar-refractivity contribution in [2.45, 2.75) is 45.8 Å². The van der Waals surface area contributed by atoms with Crippen LogP contribution in [0.1, 0.15) is 45.7 Å². The predicted molar refractivity (Wildman–Crippen MR) is 79.7 cm³/mol. The molecule has 2 atom stereocenters. The Hall–Kier alpha value is -1.06. The smallest absolute Gasteiger partial charge is 0.123 e. The van der Waals surface area contributed by atoms with Crippen molar-refractivity contribution in [2.75, 3.05) is 20.3 Å². The summed E-state index contributed by atoms with van der Waals surface area (Å²) in [5, 5.41) is 3.54. The zero-order chi connectivity index (χ0) is 14.3. The Morgan fingerprint density at radius 1 is 1.21 bits per heavy atom. The van der Waals surface area contributed by atoms with E-state index in [1.165, 1.54) is 0 Å². The van der Waals surface area contributed by atoms with Gasteiger partial charge in [0, 0.05) is 12.2 Å².